The number of carbonyl (C=O) groups is 1. The molecule has 0 bridgehead atoms. The highest BCUT2D eigenvalue weighted by molar-refractivity contribution is 7.07. The lowest BCUT2D eigenvalue weighted by molar-refractivity contribution is -0.131. The maximum Gasteiger partial charge on any atom is 0.227 e. The fraction of sp³-hybridized carbons (Fsp3) is 0.353. The third-order valence-electron chi connectivity index (χ3n) is 4.01. The van der Waals surface area contributed by atoms with E-state index in [0.717, 1.165) is 36.3 Å². The summed E-state index contributed by atoms with van der Waals surface area (Å²) in [4.78, 5) is 14.6. The lowest BCUT2D eigenvalue weighted by Crippen LogP contribution is -2.31. The first-order valence-corrected chi connectivity index (χ1v) is 8.17. The van der Waals surface area contributed by atoms with E-state index in [1.54, 1.807) is 18.4 Å². The van der Waals surface area contributed by atoms with Crippen LogP contribution in [-0.4, -0.2) is 24.5 Å². The van der Waals surface area contributed by atoms with Gasteiger partial charge in [-0.2, -0.15) is 11.3 Å². The van der Waals surface area contributed by atoms with Crippen molar-refractivity contribution in [3.05, 3.63) is 52.2 Å². The third-order valence-corrected chi connectivity index (χ3v) is 4.74. The van der Waals surface area contributed by atoms with E-state index in [1.165, 1.54) is 0 Å². The number of hydrogen-bond donors (Lipinski definition) is 0. The molecule has 0 unspecified atom stereocenters. The van der Waals surface area contributed by atoms with E-state index in [0.29, 0.717) is 6.42 Å². The van der Waals surface area contributed by atoms with Crippen LogP contribution in [0.3, 0.4) is 0 Å². The van der Waals surface area contributed by atoms with Gasteiger partial charge in [-0.25, -0.2) is 0 Å². The fourth-order valence-electron chi connectivity index (χ4n) is 3.00. The van der Waals surface area contributed by atoms with Crippen LogP contribution in [0.25, 0.3) is 0 Å². The standard InChI is InChI=1S/C17H19NO2S/c1-20-16-7-3-2-5-14(16)15-6-4-9-18(15)17(19)11-13-8-10-21-12-13/h2-3,5,7-8,10,12,15H,4,6,9,11H2,1H3/t15-/m1/s1. The Morgan fingerprint density at radius 2 is 2.24 bits per heavy atom. The molecule has 1 aliphatic rings. The zero-order chi connectivity index (χ0) is 14.7. The number of rotatable bonds is 4. The molecule has 2 heterocycles. The number of benzene rings is 1. The predicted octanol–water partition coefficient (Wildman–Crippen LogP) is 3.66. The topological polar surface area (TPSA) is 29.5 Å². The van der Waals surface area contributed by atoms with E-state index in [9.17, 15) is 4.79 Å². The molecule has 1 aromatic heterocycles. The minimum absolute atomic E-state index is 0.146. The summed E-state index contributed by atoms with van der Waals surface area (Å²) in [5.41, 5.74) is 2.23. The highest BCUT2D eigenvalue weighted by Crippen LogP contribution is 2.37. The van der Waals surface area contributed by atoms with Gasteiger partial charge in [0, 0.05) is 12.1 Å². The van der Waals surface area contributed by atoms with Crippen LogP contribution in [0.2, 0.25) is 0 Å². The summed E-state index contributed by atoms with van der Waals surface area (Å²) >= 11 is 1.64. The van der Waals surface area contributed by atoms with E-state index in [-0.39, 0.29) is 11.9 Å². The van der Waals surface area contributed by atoms with Crippen LogP contribution in [0.4, 0.5) is 0 Å². The Bertz CT molecular complexity index is 609. The maximum absolute atomic E-state index is 12.6. The van der Waals surface area contributed by atoms with E-state index in [2.05, 4.69) is 6.07 Å². The number of carbonyl (C=O) groups excluding carboxylic acids is 1. The molecule has 0 radical (unpaired) electrons. The minimum atomic E-state index is 0.146. The van der Waals surface area contributed by atoms with E-state index < -0.39 is 0 Å². The molecule has 110 valence electrons. The van der Waals surface area contributed by atoms with Crippen LogP contribution in [0.1, 0.15) is 30.0 Å². The highest BCUT2D eigenvalue weighted by Gasteiger charge is 2.31. The molecule has 0 saturated carbocycles. The summed E-state index contributed by atoms with van der Waals surface area (Å²) in [6.45, 7) is 0.839. The third kappa shape index (κ3) is 2.95. The van der Waals surface area contributed by atoms with Gasteiger partial charge in [0.2, 0.25) is 5.91 Å². The summed E-state index contributed by atoms with van der Waals surface area (Å²) in [5.74, 6) is 1.08. The molecule has 3 nitrogen and oxygen atoms in total. The predicted molar refractivity (Wildman–Crippen MR) is 84.7 cm³/mol. The van der Waals surface area contributed by atoms with Gasteiger partial charge in [0.05, 0.1) is 19.6 Å². The SMILES string of the molecule is COc1ccccc1[C@H]1CCCN1C(=O)Cc1ccsc1. The van der Waals surface area contributed by atoms with Crippen molar-refractivity contribution in [3.63, 3.8) is 0 Å². The number of likely N-dealkylation sites (tertiary alicyclic amines) is 1. The summed E-state index contributed by atoms with van der Waals surface area (Å²) in [7, 11) is 1.69. The zero-order valence-electron chi connectivity index (χ0n) is 12.1. The monoisotopic (exact) mass is 301 g/mol. The van der Waals surface area contributed by atoms with E-state index in [4.69, 9.17) is 4.74 Å². The number of ether oxygens (including phenoxy) is 1. The van der Waals surface area contributed by atoms with Gasteiger partial charge < -0.3 is 9.64 Å². The summed E-state index contributed by atoms with van der Waals surface area (Å²) < 4.78 is 5.46. The highest BCUT2D eigenvalue weighted by atomic mass is 32.1. The van der Waals surface area contributed by atoms with Crippen LogP contribution in [0.5, 0.6) is 5.75 Å². The average molecular weight is 301 g/mol. The number of thiophene rings is 1. The van der Waals surface area contributed by atoms with E-state index in [1.807, 2.05) is 39.9 Å². The fourth-order valence-corrected chi connectivity index (χ4v) is 3.67. The molecule has 4 heteroatoms. The smallest absolute Gasteiger partial charge is 0.227 e. The van der Waals surface area contributed by atoms with Gasteiger partial charge in [0.15, 0.2) is 0 Å². The van der Waals surface area contributed by atoms with Gasteiger partial charge in [-0.1, -0.05) is 18.2 Å². The van der Waals surface area contributed by atoms with E-state index >= 15 is 0 Å². The average Bonchev–Trinajstić information content (AvgIpc) is 3.18. The first kappa shape index (κ1) is 14.1. The largest absolute Gasteiger partial charge is 0.496 e. The molecule has 1 fully saturated rings. The summed E-state index contributed by atoms with van der Waals surface area (Å²) in [5, 5.41) is 4.07. The molecule has 1 atom stereocenters. The Morgan fingerprint density at radius 1 is 1.38 bits per heavy atom. The van der Waals surface area contributed by atoms with Crippen molar-refractivity contribution in [2.24, 2.45) is 0 Å². The zero-order valence-corrected chi connectivity index (χ0v) is 12.9. The Balaban J connectivity index is 1.80. The van der Waals surface area contributed by atoms with Gasteiger partial charge >= 0.3 is 0 Å². The van der Waals surface area contributed by atoms with Crippen LogP contribution < -0.4 is 4.74 Å². The Labute approximate surface area is 129 Å². The number of para-hydroxylation sites is 1. The molecule has 2 aromatic rings. The normalized spacial score (nSPS) is 18.0. The second-order valence-corrected chi connectivity index (χ2v) is 6.08. The van der Waals surface area contributed by atoms with Gasteiger partial charge in [-0.15, -0.1) is 0 Å². The van der Waals surface area contributed by atoms with Crippen molar-refractivity contribution in [2.45, 2.75) is 25.3 Å². The first-order valence-electron chi connectivity index (χ1n) is 7.23. The molecule has 0 N–H and O–H groups in total. The quantitative estimate of drug-likeness (QED) is 0.862. The van der Waals surface area contributed by atoms with Gasteiger partial charge in [0.1, 0.15) is 5.75 Å². The summed E-state index contributed by atoms with van der Waals surface area (Å²) in [6, 6.07) is 10.2. The number of nitrogens with zero attached hydrogens (tertiary/aromatic N) is 1. The molecule has 0 aliphatic carbocycles. The Hall–Kier alpha value is -1.81. The number of amides is 1. The van der Waals surface area contributed by atoms with Crippen LogP contribution >= 0.6 is 11.3 Å². The van der Waals surface area contributed by atoms with Gasteiger partial charge in [0.25, 0.3) is 0 Å². The molecule has 1 saturated heterocycles. The first-order chi connectivity index (χ1) is 10.3. The van der Waals surface area contributed by atoms with Crippen molar-refractivity contribution in [1.82, 2.24) is 4.90 Å². The Kier molecular flexibility index (Phi) is 4.25. The Morgan fingerprint density at radius 3 is 3.00 bits per heavy atom. The number of methoxy groups -OCH3 is 1. The van der Waals surface area contributed by atoms with Crippen LogP contribution in [-0.2, 0) is 11.2 Å². The van der Waals surface area contributed by atoms with Crippen molar-refractivity contribution < 1.29 is 9.53 Å². The molecule has 1 aliphatic heterocycles. The molecule has 0 spiro atoms. The lowest BCUT2D eigenvalue weighted by atomic mass is 10.0. The van der Waals surface area contributed by atoms with Crippen LogP contribution in [0.15, 0.2) is 41.1 Å². The molecule has 3 rings (SSSR count). The van der Waals surface area contributed by atoms with Crippen molar-refractivity contribution in [2.75, 3.05) is 13.7 Å². The molecule has 1 aromatic carbocycles. The maximum atomic E-state index is 12.6. The molecular formula is C17H19NO2S. The lowest BCUT2D eigenvalue weighted by Gasteiger charge is -2.26. The molecule has 1 amide bonds. The second-order valence-electron chi connectivity index (χ2n) is 5.30. The molecule has 21 heavy (non-hydrogen) atoms. The second kappa shape index (κ2) is 6.31. The molecular weight excluding hydrogens is 282 g/mol. The minimum Gasteiger partial charge on any atom is -0.496 e. The van der Waals surface area contributed by atoms with Gasteiger partial charge in [-0.3, -0.25) is 4.79 Å². The van der Waals surface area contributed by atoms with Crippen molar-refractivity contribution in [1.29, 1.82) is 0 Å². The summed E-state index contributed by atoms with van der Waals surface area (Å²) in [6.07, 6.45) is 2.56. The number of hydrogen-bond acceptors (Lipinski definition) is 3. The van der Waals surface area contributed by atoms with Crippen molar-refractivity contribution in [3.8, 4) is 5.75 Å². The van der Waals surface area contributed by atoms with Gasteiger partial charge in [-0.05, 0) is 41.3 Å². The van der Waals surface area contributed by atoms with Crippen molar-refractivity contribution >= 4 is 17.2 Å². The van der Waals surface area contributed by atoms with Crippen LogP contribution in [0, 0.1) is 0 Å².